The third kappa shape index (κ3) is 4.98. The van der Waals surface area contributed by atoms with Crippen molar-refractivity contribution in [3.63, 3.8) is 0 Å². The number of hydrogen-bond acceptors (Lipinski definition) is 4. The Morgan fingerprint density at radius 3 is 2.59 bits per heavy atom. The van der Waals surface area contributed by atoms with Gasteiger partial charge < -0.3 is 10.1 Å². The first-order chi connectivity index (χ1) is 12.7. The number of anilines is 1. The molecule has 2 aromatic rings. The highest BCUT2D eigenvalue weighted by Crippen LogP contribution is 2.32. The van der Waals surface area contributed by atoms with Crippen molar-refractivity contribution in [2.45, 2.75) is 52.4 Å². The van der Waals surface area contributed by atoms with Crippen LogP contribution >= 0.6 is 11.3 Å². The summed E-state index contributed by atoms with van der Waals surface area (Å²) in [6.45, 7) is 8.38. The van der Waals surface area contributed by atoms with E-state index in [4.69, 9.17) is 4.74 Å². The first kappa shape index (κ1) is 19.6. The van der Waals surface area contributed by atoms with E-state index in [0.29, 0.717) is 16.5 Å². The Hall–Kier alpha value is -2.14. The first-order valence-electron chi connectivity index (χ1n) is 9.41. The maximum atomic E-state index is 12.3. The summed E-state index contributed by atoms with van der Waals surface area (Å²) in [7, 11) is 0. The number of benzene rings is 1. The molecule has 1 aliphatic rings. The minimum atomic E-state index is -0.416. The Kier molecular flexibility index (Phi) is 5.70. The van der Waals surface area contributed by atoms with Gasteiger partial charge in [0.2, 0.25) is 0 Å². The number of thiophene rings is 1. The lowest BCUT2D eigenvalue weighted by Crippen LogP contribution is -2.20. The van der Waals surface area contributed by atoms with Crippen molar-refractivity contribution in [3.05, 3.63) is 51.2 Å². The monoisotopic (exact) mass is 385 g/mol. The molecule has 1 aromatic carbocycles. The van der Waals surface area contributed by atoms with E-state index in [9.17, 15) is 9.59 Å². The predicted octanol–water partition coefficient (Wildman–Crippen LogP) is 4.97. The molecule has 0 unspecified atom stereocenters. The fourth-order valence-electron chi connectivity index (χ4n) is 3.26. The van der Waals surface area contributed by atoms with Gasteiger partial charge in [-0.25, -0.2) is 4.79 Å². The van der Waals surface area contributed by atoms with Crippen LogP contribution in [0.2, 0.25) is 0 Å². The fourth-order valence-corrected chi connectivity index (χ4v) is 4.36. The van der Waals surface area contributed by atoms with Gasteiger partial charge in [0.05, 0.1) is 0 Å². The van der Waals surface area contributed by atoms with E-state index in [1.807, 2.05) is 30.3 Å². The molecule has 1 amide bonds. The summed E-state index contributed by atoms with van der Waals surface area (Å²) in [5.74, 6) is -0.0893. The van der Waals surface area contributed by atoms with Crippen LogP contribution in [0.4, 0.5) is 5.69 Å². The number of carbonyl (C=O) groups is 2. The van der Waals surface area contributed by atoms with Gasteiger partial charge in [-0.15, -0.1) is 11.3 Å². The van der Waals surface area contributed by atoms with Crippen LogP contribution in [0.25, 0.3) is 0 Å². The quantitative estimate of drug-likeness (QED) is 0.756. The number of amides is 1. The van der Waals surface area contributed by atoms with Gasteiger partial charge in [0.1, 0.15) is 4.88 Å². The molecule has 1 aromatic heterocycles. The van der Waals surface area contributed by atoms with Gasteiger partial charge >= 0.3 is 5.97 Å². The van der Waals surface area contributed by atoms with Crippen LogP contribution in [0.3, 0.4) is 0 Å². The standard InChI is InChI=1S/C22H27NO3S/c1-14-5-10-18-15(11-14)12-19(27-18)21(25)26-13-20(24)23-17-8-6-16(7-9-17)22(2,3)4/h6-9,12,14H,5,10-11,13H2,1-4H3,(H,23,24)/t14-/m1/s1. The zero-order valence-corrected chi connectivity index (χ0v) is 17.2. The van der Waals surface area contributed by atoms with Crippen molar-refractivity contribution in [3.8, 4) is 0 Å². The number of ether oxygens (including phenoxy) is 1. The van der Waals surface area contributed by atoms with Gasteiger partial charge in [-0.3, -0.25) is 4.79 Å². The van der Waals surface area contributed by atoms with Crippen LogP contribution in [-0.4, -0.2) is 18.5 Å². The lowest BCUT2D eigenvalue weighted by molar-refractivity contribution is -0.119. The molecule has 5 heteroatoms. The molecule has 144 valence electrons. The van der Waals surface area contributed by atoms with Crippen LogP contribution in [0.15, 0.2) is 30.3 Å². The van der Waals surface area contributed by atoms with Gasteiger partial charge in [0.25, 0.3) is 5.91 Å². The summed E-state index contributed by atoms with van der Waals surface area (Å²) in [5.41, 5.74) is 3.22. The van der Waals surface area contributed by atoms with E-state index < -0.39 is 5.97 Å². The zero-order chi connectivity index (χ0) is 19.6. The highest BCUT2D eigenvalue weighted by molar-refractivity contribution is 7.14. The lowest BCUT2D eigenvalue weighted by atomic mass is 9.87. The van der Waals surface area contributed by atoms with E-state index in [1.165, 1.54) is 33.8 Å². The van der Waals surface area contributed by atoms with E-state index in [-0.39, 0.29) is 17.9 Å². The van der Waals surface area contributed by atoms with Crippen LogP contribution in [0, 0.1) is 5.92 Å². The number of nitrogens with one attached hydrogen (secondary N) is 1. The molecule has 0 radical (unpaired) electrons. The van der Waals surface area contributed by atoms with E-state index in [2.05, 4.69) is 33.0 Å². The molecular weight excluding hydrogens is 358 g/mol. The van der Waals surface area contributed by atoms with Crippen molar-refractivity contribution >= 4 is 28.9 Å². The number of rotatable bonds is 4. The van der Waals surface area contributed by atoms with Gasteiger partial charge in [0, 0.05) is 10.6 Å². The van der Waals surface area contributed by atoms with Gasteiger partial charge in [-0.05, 0) is 59.9 Å². The molecule has 27 heavy (non-hydrogen) atoms. The second-order valence-corrected chi connectivity index (χ2v) is 9.50. The average Bonchev–Trinajstić information content (AvgIpc) is 3.02. The summed E-state index contributed by atoms with van der Waals surface area (Å²) in [4.78, 5) is 26.2. The fraction of sp³-hybridized carbons (Fsp3) is 0.455. The highest BCUT2D eigenvalue weighted by Gasteiger charge is 2.22. The van der Waals surface area contributed by atoms with Crippen LogP contribution in [0.5, 0.6) is 0 Å². The van der Waals surface area contributed by atoms with Gasteiger partial charge in [-0.1, -0.05) is 39.8 Å². The van der Waals surface area contributed by atoms with Gasteiger partial charge in [-0.2, -0.15) is 0 Å². The third-order valence-corrected chi connectivity index (χ3v) is 6.12. The average molecular weight is 386 g/mol. The van der Waals surface area contributed by atoms with Crippen molar-refractivity contribution in [1.29, 1.82) is 0 Å². The Morgan fingerprint density at radius 2 is 1.93 bits per heavy atom. The van der Waals surface area contributed by atoms with Crippen molar-refractivity contribution in [2.24, 2.45) is 5.92 Å². The Bertz CT molecular complexity index is 830. The molecule has 1 heterocycles. The molecule has 1 N–H and O–H groups in total. The number of esters is 1. The minimum Gasteiger partial charge on any atom is -0.451 e. The van der Waals surface area contributed by atoms with E-state index in [0.717, 1.165) is 12.8 Å². The molecular formula is C22H27NO3S. The second-order valence-electron chi connectivity index (χ2n) is 8.36. The lowest BCUT2D eigenvalue weighted by Gasteiger charge is -2.19. The second kappa shape index (κ2) is 7.85. The highest BCUT2D eigenvalue weighted by atomic mass is 32.1. The first-order valence-corrected chi connectivity index (χ1v) is 10.2. The summed E-state index contributed by atoms with van der Waals surface area (Å²) in [6.07, 6.45) is 3.21. The molecule has 0 aliphatic heterocycles. The van der Waals surface area contributed by atoms with Crippen molar-refractivity contribution < 1.29 is 14.3 Å². The van der Waals surface area contributed by atoms with Crippen LogP contribution in [0.1, 0.15) is 59.8 Å². The summed E-state index contributed by atoms with van der Waals surface area (Å²) in [5, 5.41) is 2.77. The summed E-state index contributed by atoms with van der Waals surface area (Å²) in [6, 6.07) is 9.67. The Morgan fingerprint density at radius 1 is 1.22 bits per heavy atom. The van der Waals surface area contributed by atoms with E-state index >= 15 is 0 Å². The minimum absolute atomic E-state index is 0.0652. The van der Waals surface area contributed by atoms with Crippen molar-refractivity contribution in [1.82, 2.24) is 0 Å². The summed E-state index contributed by atoms with van der Waals surface area (Å²) < 4.78 is 5.20. The number of carbonyl (C=O) groups excluding carboxylic acids is 2. The number of aryl methyl sites for hydroxylation is 1. The molecule has 3 rings (SSSR count). The molecule has 4 nitrogen and oxygen atoms in total. The molecule has 0 bridgehead atoms. The SMILES string of the molecule is C[C@@H]1CCc2sc(C(=O)OCC(=O)Nc3ccc(C(C)(C)C)cc3)cc2C1. The molecule has 0 spiro atoms. The van der Waals surface area contributed by atoms with E-state index in [1.54, 1.807) is 0 Å². The Labute approximate surface area is 164 Å². The Balaban J connectivity index is 1.52. The normalized spacial score (nSPS) is 16.5. The maximum absolute atomic E-state index is 12.3. The zero-order valence-electron chi connectivity index (χ0n) is 16.4. The van der Waals surface area contributed by atoms with Crippen molar-refractivity contribution in [2.75, 3.05) is 11.9 Å². The molecule has 1 aliphatic carbocycles. The molecule has 0 fully saturated rings. The molecule has 0 saturated heterocycles. The maximum Gasteiger partial charge on any atom is 0.348 e. The smallest absolute Gasteiger partial charge is 0.348 e. The number of fused-ring (bicyclic) bond motifs is 1. The summed E-state index contributed by atoms with van der Waals surface area (Å²) >= 11 is 1.50. The predicted molar refractivity (Wildman–Crippen MR) is 110 cm³/mol. The largest absolute Gasteiger partial charge is 0.451 e. The van der Waals surface area contributed by atoms with Crippen LogP contribution < -0.4 is 5.32 Å². The topological polar surface area (TPSA) is 55.4 Å². The van der Waals surface area contributed by atoms with Gasteiger partial charge in [0.15, 0.2) is 6.61 Å². The molecule has 0 saturated carbocycles. The third-order valence-electron chi connectivity index (χ3n) is 4.90. The van der Waals surface area contributed by atoms with Crippen LogP contribution in [-0.2, 0) is 27.8 Å². The number of hydrogen-bond donors (Lipinski definition) is 1. The molecule has 1 atom stereocenters.